The van der Waals surface area contributed by atoms with E-state index in [4.69, 9.17) is 0 Å². The molecule has 5 nitrogen and oxygen atoms in total. The molecule has 140 valence electrons. The van der Waals surface area contributed by atoms with Gasteiger partial charge in [0.2, 0.25) is 15.9 Å². The van der Waals surface area contributed by atoms with E-state index in [0.717, 1.165) is 25.7 Å². The molecule has 26 heavy (non-hydrogen) atoms. The minimum absolute atomic E-state index is 0.0920. The Balaban J connectivity index is 1.79. The number of rotatable bonds is 6. The Bertz CT molecular complexity index is 884. The second-order valence-electron chi connectivity index (χ2n) is 6.95. The third kappa shape index (κ3) is 4.00. The van der Waals surface area contributed by atoms with Gasteiger partial charge in [-0.2, -0.15) is 0 Å². The van der Waals surface area contributed by atoms with Crippen LogP contribution >= 0.6 is 11.3 Å². The summed E-state index contributed by atoms with van der Waals surface area (Å²) in [5.74, 6) is -0.183. The first-order chi connectivity index (χ1) is 12.3. The van der Waals surface area contributed by atoms with Crippen LogP contribution in [0.1, 0.15) is 43.0 Å². The molecule has 0 atom stereocenters. The van der Waals surface area contributed by atoms with Crippen LogP contribution in [0.2, 0.25) is 0 Å². The number of carbonyl (C=O) groups is 1. The Morgan fingerprint density at radius 2 is 1.96 bits per heavy atom. The topological polar surface area (TPSA) is 75.3 Å². The molecule has 0 unspecified atom stereocenters. The predicted molar refractivity (Wildman–Crippen MR) is 105 cm³/mol. The van der Waals surface area contributed by atoms with Crippen molar-refractivity contribution in [3.8, 4) is 0 Å². The molecule has 0 radical (unpaired) electrons. The number of thiophene rings is 1. The molecule has 0 saturated heterocycles. The van der Waals surface area contributed by atoms with Gasteiger partial charge >= 0.3 is 0 Å². The maximum atomic E-state index is 12.9. The smallest absolute Gasteiger partial charge is 0.240 e. The van der Waals surface area contributed by atoms with Crippen molar-refractivity contribution in [2.24, 2.45) is 0 Å². The summed E-state index contributed by atoms with van der Waals surface area (Å²) in [6.07, 6.45) is 4.28. The summed E-state index contributed by atoms with van der Waals surface area (Å²) in [5, 5.41) is 4.72. The van der Waals surface area contributed by atoms with Crippen molar-refractivity contribution >= 4 is 33.0 Å². The molecule has 0 aliphatic heterocycles. The van der Waals surface area contributed by atoms with E-state index < -0.39 is 10.0 Å². The Hall–Kier alpha value is -1.70. The maximum absolute atomic E-state index is 12.9. The second-order valence-corrected chi connectivity index (χ2v) is 9.63. The number of nitrogens with one attached hydrogen (secondary N) is 2. The van der Waals surface area contributed by atoms with Crippen molar-refractivity contribution < 1.29 is 13.2 Å². The van der Waals surface area contributed by atoms with Crippen LogP contribution in [0.4, 0.5) is 5.69 Å². The number of anilines is 1. The Morgan fingerprint density at radius 1 is 1.23 bits per heavy atom. The number of amides is 1. The summed E-state index contributed by atoms with van der Waals surface area (Å²) >= 11 is 1.70. The third-order valence-electron chi connectivity index (χ3n) is 4.99. The highest BCUT2D eigenvalue weighted by molar-refractivity contribution is 7.89. The number of hydrogen-bond acceptors (Lipinski definition) is 4. The first kappa shape index (κ1) is 19.1. The van der Waals surface area contributed by atoms with Crippen molar-refractivity contribution in [2.75, 3.05) is 11.9 Å². The van der Waals surface area contributed by atoms with Crippen molar-refractivity contribution in [1.82, 2.24) is 4.72 Å². The quantitative estimate of drug-likeness (QED) is 0.785. The summed E-state index contributed by atoms with van der Waals surface area (Å²) in [5.41, 5.74) is 1.12. The summed E-state index contributed by atoms with van der Waals surface area (Å²) < 4.78 is 28.6. The first-order valence-electron chi connectivity index (χ1n) is 8.74. The van der Waals surface area contributed by atoms with Crippen molar-refractivity contribution in [3.63, 3.8) is 0 Å². The van der Waals surface area contributed by atoms with Crippen LogP contribution in [0.25, 0.3) is 0 Å². The molecule has 1 aliphatic carbocycles. The molecule has 2 N–H and O–H groups in total. The minimum atomic E-state index is -3.61. The average Bonchev–Trinajstić information content (AvgIpc) is 3.25. The zero-order chi connectivity index (χ0) is 18.8. The summed E-state index contributed by atoms with van der Waals surface area (Å²) in [6.45, 7) is 3.58. The van der Waals surface area contributed by atoms with Crippen LogP contribution in [-0.4, -0.2) is 20.9 Å². The Labute approximate surface area is 158 Å². The largest absolute Gasteiger partial charge is 0.326 e. The van der Waals surface area contributed by atoms with E-state index in [9.17, 15) is 13.2 Å². The number of hydrogen-bond donors (Lipinski definition) is 2. The molecule has 0 bridgehead atoms. The fourth-order valence-corrected chi connectivity index (χ4v) is 6.02. The summed E-state index contributed by atoms with van der Waals surface area (Å²) in [4.78, 5) is 12.7. The van der Waals surface area contributed by atoms with Gasteiger partial charge in [-0.05, 0) is 55.0 Å². The van der Waals surface area contributed by atoms with Crippen LogP contribution in [0, 0.1) is 6.92 Å². The van der Waals surface area contributed by atoms with Crippen LogP contribution in [0.15, 0.2) is 40.6 Å². The molecular formula is C19H24N2O3S2. The molecule has 1 saturated carbocycles. The highest BCUT2D eigenvalue weighted by atomic mass is 32.2. The van der Waals surface area contributed by atoms with Gasteiger partial charge in [-0.25, -0.2) is 13.1 Å². The van der Waals surface area contributed by atoms with Crippen LogP contribution in [-0.2, 0) is 20.2 Å². The van der Waals surface area contributed by atoms with Gasteiger partial charge in [-0.3, -0.25) is 4.79 Å². The zero-order valence-electron chi connectivity index (χ0n) is 15.0. The van der Waals surface area contributed by atoms with E-state index in [-0.39, 0.29) is 16.2 Å². The van der Waals surface area contributed by atoms with Crippen LogP contribution in [0.5, 0.6) is 0 Å². The van der Waals surface area contributed by atoms with Crippen LogP contribution < -0.4 is 10.0 Å². The van der Waals surface area contributed by atoms with Crippen molar-refractivity contribution in [1.29, 1.82) is 0 Å². The van der Waals surface area contributed by atoms with Crippen molar-refractivity contribution in [3.05, 3.63) is 46.2 Å². The molecule has 0 spiro atoms. The lowest BCUT2D eigenvalue weighted by Gasteiger charge is -2.28. The molecule has 1 aromatic heterocycles. The SMILES string of the molecule is CC(=O)Nc1ccc(S(=O)(=O)NCC2(c3cccs3)CCCC2)c(C)c1. The van der Waals surface area contributed by atoms with E-state index in [1.54, 1.807) is 36.5 Å². The highest BCUT2D eigenvalue weighted by Crippen LogP contribution is 2.42. The molecule has 1 aliphatic rings. The van der Waals surface area contributed by atoms with E-state index in [2.05, 4.69) is 21.5 Å². The normalized spacial score (nSPS) is 16.5. The fourth-order valence-electron chi connectivity index (χ4n) is 3.69. The molecule has 1 heterocycles. The van der Waals surface area contributed by atoms with Gasteiger partial charge in [0, 0.05) is 29.4 Å². The fraction of sp³-hybridized carbons (Fsp3) is 0.421. The standard InChI is InChI=1S/C19H24N2O3S2/c1-14-12-16(21-15(2)22)7-8-17(14)26(23,24)20-13-19(9-3-4-10-19)18-6-5-11-25-18/h5-8,11-12,20H,3-4,9-10,13H2,1-2H3,(H,21,22). The molecular weight excluding hydrogens is 368 g/mol. The molecule has 2 aromatic rings. The number of benzene rings is 1. The van der Waals surface area contributed by atoms with Gasteiger partial charge in [-0.15, -0.1) is 11.3 Å². The lowest BCUT2D eigenvalue weighted by molar-refractivity contribution is -0.114. The summed E-state index contributed by atoms with van der Waals surface area (Å²) in [7, 11) is -3.61. The van der Waals surface area contributed by atoms with E-state index >= 15 is 0 Å². The molecule has 1 aromatic carbocycles. The van der Waals surface area contributed by atoms with Gasteiger partial charge in [0.25, 0.3) is 0 Å². The van der Waals surface area contributed by atoms with Gasteiger partial charge in [0.1, 0.15) is 0 Å². The Morgan fingerprint density at radius 3 is 2.54 bits per heavy atom. The lowest BCUT2D eigenvalue weighted by atomic mass is 9.85. The zero-order valence-corrected chi connectivity index (χ0v) is 16.7. The Kier molecular flexibility index (Phi) is 5.50. The van der Waals surface area contributed by atoms with E-state index in [1.165, 1.54) is 11.8 Å². The monoisotopic (exact) mass is 392 g/mol. The van der Waals surface area contributed by atoms with Gasteiger partial charge in [0.05, 0.1) is 4.90 Å². The van der Waals surface area contributed by atoms with Crippen LogP contribution in [0.3, 0.4) is 0 Å². The van der Waals surface area contributed by atoms with E-state index in [1.807, 2.05) is 6.07 Å². The maximum Gasteiger partial charge on any atom is 0.240 e. The molecule has 1 fully saturated rings. The van der Waals surface area contributed by atoms with Gasteiger partial charge in [0.15, 0.2) is 0 Å². The second kappa shape index (κ2) is 7.50. The number of aryl methyl sites for hydroxylation is 1. The van der Waals surface area contributed by atoms with Crippen molar-refractivity contribution in [2.45, 2.75) is 49.8 Å². The van der Waals surface area contributed by atoms with Gasteiger partial charge in [-0.1, -0.05) is 18.9 Å². The van der Waals surface area contributed by atoms with Gasteiger partial charge < -0.3 is 5.32 Å². The molecule has 1 amide bonds. The average molecular weight is 393 g/mol. The predicted octanol–water partition coefficient (Wildman–Crippen LogP) is 3.81. The first-order valence-corrected chi connectivity index (χ1v) is 11.1. The summed E-state index contributed by atoms with van der Waals surface area (Å²) in [6, 6.07) is 8.99. The number of sulfonamides is 1. The highest BCUT2D eigenvalue weighted by Gasteiger charge is 2.37. The van der Waals surface area contributed by atoms with E-state index in [0.29, 0.717) is 17.8 Å². The molecule has 7 heteroatoms. The molecule has 3 rings (SSSR count). The number of carbonyl (C=O) groups excluding carboxylic acids is 1. The minimum Gasteiger partial charge on any atom is -0.326 e. The third-order valence-corrected chi connectivity index (χ3v) is 7.67. The lowest BCUT2D eigenvalue weighted by Crippen LogP contribution is -2.38.